The summed E-state index contributed by atoms with van der Waals surface area (Å²) >= 11 is 7.49. The lowest BCUT2D eigenvalue weighted by Crippen LogP contribution is -2.48. The Kier molecular flexibility index (Phi) is 9.59. The Labute approximate surface area is 235 Å². The quantitative estimate of drug-likeness (QED) is 0.362. The van der Waals surface area contributed by atoms with E-state index in [-0.39, 0.29) is 0 Å². The van der Waals surface area contributed by atoms with E-state index >= 15 is 0 Å². The van der Waals surface area contributed by atoms with Gasteiger partial charge in [-0.05, 0) is 50.7 Å². The maximum atomic E-state index is 6.16. The van der Waals surface area contributed by atoms with Gasteiger partial charge in [0.15, 0.2) is 11.5 Å². The number of nitrogens with one attached hydrogen (secondary N) is 1. The molecule has 8 nitrogen and oxygen atoms in total. The summed E-state index contributed by atoms with van der Waals surface area (Å²) in [7, 11) is 1.69. The number of aromatic nitrogens is 2. The molecule has 38 heavy (non-hydrogen) atoms. The molecule has 204 valence electrons. The number of fused-ring (bicyclic) bond motifs is 1. The molecule has 0 bridgehead atoms. The number of hydrogen-bond donors (Lipinski definition) is 1. The summed E-state index contributed by atoms with van der Waals surface area (Å²) in [6.45, 7) is 7.64. The van der Waals surface area contributed by atoms with Crippen LogP contribution in [0.25, 0.3) is 10.9 Å². The summed E-state index contributed by atoms with van der Waals surface area (Å²) in [5, 5.41) is 4.34. The minimum atomic E-state index is 0.329. The number of allylic oxidation sites excluding steroid dienone is 2. The predicted molar refractivity (Wildman–Crippen MR) is 161 cm³/mol. The largest absolute Gasteiger partial charge is 0.493 e. The maximum absolute atomic E-state index is 6.16. The van der Waals surface area contributed by atoms with Gasteiger partial charge in [-0.25, -0.2) is 9.97 Å². The molecule has 4 heterocycles. The van der Waals surface area contributed by atoms with Crippen LogP contribution >= 0.6 is 24.0 Å². The van der Waals surface area contributed by atoms with Crippen molar-refractivity contribution >= 4 is 45.0 Å². The Bertz CT molecular complexity index is 1150. The third-order valence-corrected chi connectivity index (χ3v) is 8.95. The average Bonchev–Trinajstić information content (AvgIpc) is 2.98. The lowest BCUT2D eigenvalue weighted by atomic mass is 10.1. The first-order valence-corrected chi connectivity index (χ1v) is 15.0. The molecule has 3 aliphatic rings. The Morgan fingerprint density at radius 2 is 1.89 bits per heavy atom. The molecule has 1 atom stereocenters. The van der Waals surface area contributed by atoms with Gasteiger partial charge in [-0.2, -0.15) is 0 Å². The predicted octanol–water partition coefficient (Wildman–Crippen LogP) is 4.08. The number of hydrogen-bond acceptors (Lipinski definition) is 9. The normalized spacial score (nSPS) is 20.0. The lowest BCUT2D eigenvalue weighted by Gasteiger charge is -2.37. The molecule has 0 saturated carbocycles. The van der Waals surface area contributed by atoms with E-state index in [1.54, 1.807) is 25.2 Å². The lowest BCUT2D eigenvalue weighted by molar-refractivity contribution is 0.203. The molecule has 2 saturated heterocycles. The second-order valence-electron chi connectivity index (χ2n) is 9.89. The Hall–Kier alpha value is -2.56. The van der Waals surface area contributed by atoms with Gasteiger partial charge in [-0.3, -0.25) is 0 Å². The van der Waals surface area contributed by atoms with Gasteiger partial charge in [-0.15, -0.1) is 0 Å². The highest BCUT2D eigenvalue weighted by molar-refractivity contribution is 8.22. The monoisotopic (exact) mass is 554 g/mol. The zero-order valence-electron chi connectivity index (χ0n) is 22.2. The molecule has 2 aromatic rings. The van der Waals surface area contributed by atoms with Crippen LogP contribution in [0.2, 0.25) is 0 Å². The number of nitrogens with zero attached hydrogens (tertiary/aromatic N) is 5. The number of piperazine rings is 1. The minimum Gasteiger partial charge on any atom is -0.493 e. The first-order valence-electron chi connectivity index (χ1n) is 13.7. The second-order valence-corrected chi connectivity index (χ2v) is 11.5. The van der Waals surface area contributed by atoms with Gasteiger partial charge >= 0.3 is 0 Å². The first-order chi connectivity index (χ1) is 18.7. The maximum Gasteiger partial charge on any atom is 0.163 e. The zero-order chi connectivity index (χ0) is 26.2. The molecule has 1 N–H and O–H groups in total. The summed E-state index contributed by atoms with van der Waals surface area (Å²) in [6.07, 6.45) is 14.9. The van der Waals surface area contributed by atoms with E-state index in [1.165, 1.54) is 32.4 Å². The third-order valence-electron chi connectivity index (χ3n) is 7.31. The highest BCUT2D eigenvalue weighted by Crippen LogP contribution is 2.35. The van der Waals surface area contributed by atoms with Crippen LogP contribution in [0.5, 0.6) is 11.5 Å². The van der Waals surface area contributed by atoms with Crippen LogP contribution in [0.4, 0.5) is 5.82 Å². The van der Waals surface area contributed by atoms with Gasteiger partial charge in [-0.1, -0.05) is 42.6 Å². The molecule has 1 aromatic heterocycles. The molecule has 1 aromatic carbocycles. The van der Waals surface area contributed by atoms with Crippen molar-refractivity contribution in [2.45, 2.75) is 31.7 Å². The van der Waals surface area contributed by atoms with E-state index in [4.69, 9.17) is 21.7 Å². The highest BCUT2D eigenvalue weighted by atomic mass is 32.2. The molecule has 0 amide bonds. The van der Waals surface area contributed by atoms with Gasteiger partial charge in [0.2, 0.25) is 0 Å². The van der Waals surface area contributed by atoms with Crippen LogP contribution in [-0.2, 0) is 0 Å². The van der Waals surface area contributed by atoms with Crippen molar-refractivity contribution < 1.29 is 9.47 Å². The summed E-state index contributed by atoms with van der Waals surface area (Å²) in [5.74, 6) is 3.33. The van der Waals surface area contributed by atoms with E-state index in [1.807, 2.05) is 24.4 Å². The van der Waals surface area contributed by atoms with Gasteiger partial charge in [0.25, 0.3) is 0 Å². The summed E-state index contributed by atoms with van der Waals surface area (Å²) in [4.78, 5) is 16.4. The van der Waals surface area contributed by atoms with Crippen molar-refractivity contribution in [3.05, 3.63) is 42.9 Å². The van der Waals surface area contributed by atoms with Gasteiger partial charge in [0, 0.05) is 49.9 Å². The van der Waals surface area contributed by atoms with Crippen LogP contribution in [-0.4, -0.2) is 95.4 Å². The van der Waals surface area contributed by atoms with Crippen molar-refractivity contribution in [3.63, 3.8) is 0 Å². The minimum absolute atomic E-state index is 0.329. The molecular weight excluding hydrogens is 516 g/mol. The number of piperidine rings is 1. The molecule has 0 aliphatic carbocycles. The SMILES string of the molecule is COc1cc2c(N3CCN(C(=S)SCC4C=CC=CN4)CC3)ncnc2cc1OCCCN1CCCCC1. The van der Waals surface area contributed by atoms with E-state index < -0.39 is 0 Å². The van der Waals surface area contributed by atoms with Crippen LogP contribution in [0, 0.1) is 0 Å². The summed E-state index contributed by atoms with van der Waals surface area (Å²) in [6, 6.07) is 4.34. The van der Waals surface area contributed by atoms with E-state index in [0.717, 1.165) is 77.4 Å². The Morgan fingerprint density at radius 1 is 1.05 bits per heavy atom. The number of benzene rings is 1. The van der Waals surface area contributed by atoms with Crippen LogP contribution in [0.1, 0.15) is 25.7 Å². The van der Waals surface area contributed by atoms with Crippen molar-refractivity contribution in [2.75, 3.05) is 70.2 Å². The van der Waals surface area contributed by atoms with Crippen LogP contribution in [0.3, 0.4) is 0 Å². The fraction of sp³-hybridized carbons (Fsp3) is 0.536. The second kappa shape index (κ2) is 13.5. The van der Waals surface area contributed by atoms with Crippen molar-refractivity contribution in [1.29, 1.82) is 0 Å². The molecule has 3 aliphatic heterocycles. The molecule has 10 heteroatoms. The highest BCUT2D eigenvalue weighted by Gasteiger charge is 2.23. The van der Waals surface area contributed by atoms with Gasteiger partial charge in [0.05, 0.1) is 25.3 Å². The van der Waals surface area contributed by atoms with Crippen LogP contribution in [0.15, 0.2) is 42.9 Å². The number of ether oxygens (including phenoxy) is 2. The number of thioether (sulfide) groups is 1. The third kappa shape index (κ3) is 6.90. The number of thiocarbonyl (C=S) groups is 1. The molecule has 2 fully saturated rings. The van der Waals surface area contributed by atoms with Crippen molar-refractivity contribution in [1.82, 2.24) is 25.1 Å². The number of rotatable bonds is 9. The standard InChI is InChI=1S/C28H38N6O2S2/c1-35-25-18-23-24(19-26(25)36-17-7-12-32-10-5-2-6-11-32)30-21-31-27(23)33-13-15-34(16-14-33)28(37)38-20-22-8-3-4-9-29-22/h3-4,8-9,18-19,21-22,29H,2,5-7,10-17,20H2,1H3. The van der Waals surface area contributed by atoms with Crippen LogP contribution < -0.4 is 19.7 Å². The summed E-state index contributed by atoms with van der Waals surface area (Å²) < 4.78 is 12.8. The number of dihydropyridines is 1. The van der Waals surface area contributed by atoms with Gasteiger partial charge < -0.3 is 29.5 Å². The zero-order valence-corrected chi connectivity index (χ0v) is 23.8. The Morgan fingerprint density at radius 3 is 2.66 bits per heavy atom. The van der Waals surface area contributed by atoms with Crippen molar-refractivity contribution in [2.24, 2.45) is 0 Å². The number of methoxy groups -OCH3 is 1. The fourth-order valence-electron chi connectivity index (χ4n) is 5.17. The van der Waals surface area contributed by atoms with E-state index in [2.05, 4.69) is 42.1 Å². The van der Waals surface area contributed by atoms with Gasteiger partial charge in [0.1, 0.15) is 16.5 Å². The first kappa shape index (κ1) is 27.0. The number of likely N-dealkylation sites (tertiary alicyclic amines) is 1. The number of anilines is 1. The summed E-state index contributed by atoms with van der Waals surface area (Å²) in [5.41, 5.74) is 0.873. The Balaban J connectivity index is 1.17. The van der Waals surface area contributed by atoms with Crippen molar-refractivity contribution in [3.8, 4) is 11.5 Å². The topological polar surface area (TPSA) is 66.0 Å². The average molecular weight is 555 g/mol. The fourth-order valence-corrected chi connectivity index (χ4v) is 6.45. The molecule has 0 spiro atoms. The molecule has 0 radical (unpaired) electrons. The van der Waals surface area contributed by atoms with E-state index in [0.29, 0.717) is 12.6 Å². The molecular formula is C28H38N6O2S2. The molecule has 5 rings (SSSR count). The van der Waals surface area contributed by atoms with E-state index in [9.17, 15) is 0 Å². The smallest absolute Gasteiger partial charge is 0.163 e. The molecule has 1 unspecified atom stereocenters.